The molecule has 12 heavy (non-hydrogen) atoms. The van der Waals surface area contributed by atoms with Gasteiger partial charge in [0.05, 0.1) is 11.0 Å². The first-order valence-electron chi connectivity index (χ1n) is 4.55. The second kappa shape index (κ2) is 2.70. The highest BCUT2D eigenvalue weighted by atomic mass is 32.2. The third-order valence-electron chi connectivity index (χ3n) is 2.71. The Hall–Kier alpha value is -0.0900. The standard InChI is InChI=1S/C8H15NO2S/c1-6-4-8(5-12(6,10)11)9-7-2-3-7/h6-9H,2-5H2,1H3. The van der Waals surface area contributed by atoms with E-state index in [0.717, 1.165) is 6.42 Å². The van der Waals surface area contributed by atoms with Gasteiger partial charge in [0, 0.05) is 12.1 Å². The van der Waals surface area contributed by atoms with Crippen molar-refractivity contribution >= 4 is 9.84 Å². The van der Waals surface area contributed by atoms with Gasteiger partial charge in [0.2, 0.25) is 0 Å². The van der Waals surface area contributed by atoms with E-state index in [0.29, 0.717) is 11.8 Å². The van der Waals surface area contributed by atoms with Crippen LogP contribution in [0.25, 0.3) is 0 Å². The third-order valence-corrected chi connectivity index (χ3v) is 5.00. The quantitative estimate of drug-likeness (QED) is 0.680. The summed E-state index contributed by atoms with van der Waals surface area (Å²) in [5.41, 5.74) is 0. The summed E-state index contributed by atoms with van der Waals surface area (Å²) in [6.45, 7) is 1.81. The van der Waals surface area contributed by atoms with Crippen LogP contribution in [0.15, 0.2) is 0 Å². The first-order chi connectivity index (χ1) is 5.58. The van der Waals surface area contributed by atoms with Crippen molar-refractivity contribution in [2.45, 2.75) is 43.5 Å². The highest BCUT2D eigenvalue weighted by Crippen LogP contribution is 2.25. The summed E-state index contributed by atoms with van der Waals surface area (Å²) in [5, 5.41) is 3.23. The van der Waals surface area contributed by atoms with Gasteiger partial charge in [-0.3, -0.25) is 0 Å². The molecule has 1 N–H and O–H groups in total. The number of hydrogen-bond acceptors (Lipinski definition) is 3. The van der Waals surface area contributed by atoms with E-state index in [4.69, 9.17) is 0 Å². The fourth-order valence-corrected chi connectivity index (χ4v) is 3.41. The van der Waals surface area contributed by atoms with Crippen molar-refractivity contribution in [1.29, 1.82) is 0 Å². The summed E-state index contributed by atoms with van der Waals surface area (Å²) in [6.07, 6.45) is 3.26. The van der Waals surface area contributed by atoms with Crippen LogP contribution in [0.4, 0.5) is 0 Å². The Morgan fingerprint density at radius 2 is 1.92 bits per heavy atom. The Balaban J connectivity index is 1.95. The Kier molecular flexibility index (Phi) is 1.92. The lowest BCUT2D eigenvalue weighted by Crippen LogP contribution is -2.31. The van der Waals surface area contributed by atoms with E-state index in [-0.39, 0.29) is 11.3 Å². The molecule has 1 saturated carbocycles. The van der Waals surface area contributed by atoms with Crippen LogP contribution in [0.5, 0.6) is 0 Å². The van der Waals surface area contributed by atoms with Crippen molar-refractivity contribution in [3.05, 3.63) is 0 Å². The van der Waals surface area contributed by atoms with Gasteiger partial charge in [-0.05, 0) is 26.2 Å². The predicted octanol–water partition coefficient (Wildman–Crippen LogP) is 0.314. The Labute approximate surface area is 73.5 Å². The van der Waals surface area contributed by atoms with Crippen LogP contribution < -0.4 is 5.32 Å². The van der Waals surface area contributed by atoms with Gasteiger partial charge >= 0.3 is 0 Å². The zero-order valence-corrected chi connectivity index (χ0v) is 8.10. The van der Waals surface area contributed by atoms with E-state index in [2.05, 4.69) is 5.32 Å². The second-order valence-corrected chi connectivity index (χ2v) is 6.48. The molecule has 0 spiro atoms. The number of nitrogens with one attached hydrogen (secondary N) is 1. The van der Waals surface area contributed by atoms with E-state index in [1.807, 2.05) is 6.92 Å². The molecule has 0 radical (unpaired) electrons. The largest absolute Gasteiger partial charge is 0.310 e. The molecular weight excluding hydrogens is 174 g/mol. The van der Waals surface area contributed by atoms with Crippen LogP contribution >= 0.6 is 0 Å². The lowest BCUT2D eigenvalue weighted by molar-refractivity contribution is 0.536. The minimum absolute atomic E-state index is 0.131. The molecule has 0 amide bonds. The molecule has 1 saturated heterocycles. The average Bonchev–Trinajstić information content (AvgIpc) is 2.65. The molecule has 1 aliphatic carbocycles. The zero-order valence-electron chi connectivity index (χ0n) is 7.29. The van der Waals surface area contributed by atoms with Crippen molar-refractivity contribution in [3.8, 4) is 0 Å². The van der Waals surface area contributed by atoms with E-state index in [1.165, 1.54) is 12.8 Å². The Morgan fingerprint density at radius 1 is 1.25 bits per heavy atom. The molecule has 0 aromatic rings. The molecule has 0 aromatic carbocycles. The summed E-state index contributed by atoms with van der Waals surface area (Å²) in [4.78, 5) is 0. The van der Waals surface area contributed by atoms with E-state index >= 15 is 0 Å². The van der Waals surface area contributed by atoms with E-state index in [1.54, 1.807) is 0 Å². The van der Waals surface area contributed by atoms with Crippen molar-refractivity contribution < 1.29 is 8.42 Å². The van der Waals surface area contributed by atoms with E-state index < -0.39 is 9.84 Å². The molecule has 2 aliphatic rings. The summed E-state index contributed by atoms with van der Waals surface area (Å²) < 4.78 is 22.7. The van der Waals surface area contributed by atoms with Gasteiger partial charge in [0.25, 0.3) is 0 Å². The van der Waals surface area contributed by atoms with Crippen LogP contribution in [-0.4, -0.2) is 31.5 Å². The summed E-state index contributed by atoms with van der Waals surface area (Å²) >= 11 is 0. The highest BCUT2D eigenvalue weighted by molar-refractivity contribution is 7.92. The van der Waals surface area contributed by atoms with Crippen molar-refractivity contribution in [2.24, 2.45) is 0 Å². The van der Waals surface area contributed by atoms with E-state index in [9.17, 15) is 8.42 Å². The summed E-state index contributed by atoms with van der Waals surface area (Å²) in [5.74, 6) is 0.352. The van der Waals surface area contributed by atoms with Crippen LogP contribution in [0.1, 0.15) is 26.2 Å². The fourth-order valence-electron chi connectivity index (χ4n) is 1.76. The molecule has 0 aromatic heterocycles. The third kappa shape index (κ3) is 1.64. The first kappa shape index (κ1) is 8.51. The Morgan fingerprint density at radius 3 is 2.33 bits per heavy atom. The molecule has 4 heteroatoms. The second-order valence-electron chi connectivity index (χ2n) is 4.01. The predicted molar refractivity (Wildman–Crippen MR) is 47.8 cm³/mol. The lowest BCUT2D eigenvalue weighted by Gasteiger charge is -2.08. The van der Waals surface area contributed by atoms with Gasteiger partial charge in [0.1, 0.15) is 0 Å². The first-order valence-corrected chi connectivity index (χ1v) is 6.27. The van der Waals surface area contributed by atoms with Gasteiger partial charge in [-0.25, -0.2) is 8.42 Å². The molecule has 70 valence electrons. The average molecular weight is 189 g/mol. The number of rotatable bonds is 2. The zero-order chi connectivity index (χ0) is 8.77. The van der Waals surface area contributed by atoms with Gasteiger partial charge in [-0.15, -0.1) is 0 Å². The number of hydrogen-bond donors (Lipinski definition) is 1. The minimum Gasteiger partial charge on any atom is -0.310 e. The van der Waals surface area contributed by atoms with Crippen LogP contribution in [0.3, 0.4) is 0 Å². The van der Waals surface area contributed by atoms with Gasteiger partial charge in [-0.1, -0.05) is 0 Å². The SMILES string of the molecule is CC1CC(NC2CC2)CS1(=O)=O. The lowest BCUT2D eigenvalue weighted by atomic mass is 10.2. The van der Waals surface area contributed by atoms with Crippen LogP contribution in [0, 0.1) is 0 Å². The molecule has 1 aliphatic heterocycles. The molecule has 1 heterocycles. The molecule has 2 unspecified atom stereocenters. The van der Waals surface area contributed by atoms with Crippen LogP contribution in [-0.2, 0) is 9.84 Å². The van der Waals surface area contributed by atoms with Crippen molar-refractivity contribution in [3.63, 3.8) is 0 Å². The number of sulfone groups is 1. The smallest absolute Gasteiger partial charge is 0.154 e. The van der Waals surface area contributed by atoms with Crippen molar-refractivity contribution in [2.75, 3.05) is 5.75 Å². The maximum absolute atomic E-state index is 11.3. The monoisotopic (exact) mass is 189 g/mol. The molecule has 2 atom stereocenters. The van der Waals surface area contributed by atoms with Crippen molar-refractivity contribution in [1.82, 2.24) is 5.32 Å². The molecule has 0 bridgehead atoms. The molecule has 3 nitrogen and oxygen atoms in total. The van der Waals surface area contributed by atoms with Gasteiger partial charge in [0.15, 0.2) is 9.84 Å². The summed E-state index contributed by atoms with van der Waals surface area (Å²) in [6, 6.07) is 0.855. The maximum Gasteiger partial charge on any atom is 0.154 e. The van der Waals surface area contributed by atoms with Crippen LogP contribution in [0.2, 0.25) is 0 Å². The molecule has 2 fully saturated rings. The molecule has 2 rings (SSSR count). The van der Waals surface area contributed by atoms with Gasteiger partial charge in [-0.2, -0.15) is 0 Å². The highest BCUT2D eigenvalue weighted by Gasteiger charge is 2.37. The van der Waals surface area contributed by atoms with Gasteiger partial charge < -0.3 is 5.32 Å². The summed E-state index contributed by atoms with van der Waals surface area (Å²) in [7, 11) is -2.75. The minimum atomic E-state index is -2.75. The Bertz CT molecular complexity index is 269. The topological polar surface area (TPSA) is 46.2 Å². The fraction of sp³-hybridized carbons (Fsp3) is 1.00. The maximum atomic E-state index is 11.3. The molecular formula is C8H15NO2S. The normalized spacial score (nSPS) is 40.1.